The molecule has 0 bridgehead atoms. The van der Waals surface area contributed by atoms with Crippen LogP contribution in [0.5, 0.6) is 17.2 Å². The summed E-state index contributed by atoms with van der Waals surface area (Å²) in [6, 6.07) is 31.9. The molecule has 0 aliphatic heterocycles. The molecule has 2 unspecified atom stereocenters. The van der Waals surface area contributed by atoms with Gasteiger partial charge in [-0.25, -0.2) is 8.42 Å². The Morgan fingerprint density at radius 3 is 2.17 bits per heavy atom. The van der Waals surface area contributed by atoms with Gasteiger partial charge in [0.05, 0.1) is 18.0 Å². The van der Waals surface area contributed by atoms with Gasteiger partial charge in [-0.3, -0.25) is 4.72 Å². The molecule has 7 heteroatoms. The quantitative estimate of drug-likeness (QED) is 0.198. The molecule has 41 heavy (non-hydrogen) atoms. The van der Waals surface area contributed by atoms with E-state index in [2.05, 4.69) is 40.8 Å². The average molecular weight is 571 g/mol. The molecular weight excluding hydrogens is 532 g/mol. The Balaban J connectivity index is 1.32. The highest BCUT2D eigenvalue weighted by molar-refractivity contribution is 7.92. The maximum atomic E-state index is 11.9. The Labute approximate surface area is 244 Å². The van der Waals surface area contributed by atoms with Crippen molar-refractivity contribution >= 4 is 21.4 Å². The lowest BCUT2D eigenvalue weighted by atomic mass is 10.1. The average Bonchev–Trinajstić information content (AvgIpc) is 3.35. The molecule has 5 rings (SSSR count). The molecule has 0 heterocycles. The summed E-state index contributed by atoms with van der Waals surface area (Å²) in [5.74, 6) is 3.07. The SMILES string of the molecule is Cc1c(NS(C)(=O)=O)cccc1N(Cc1ccccc1)Cc1ccc(Oc2cccc(OC3CCC(C)C3)c2)cc1. The summed E-state index contributed by atoms with van der Waals surface area (Å²) in [6.45, 7) is 5.54. The molecule has 1 aliphatic rings. The minimum Gasteiger partial charge on any atom is -0.490 e. The third-order valence-electron chi connectivity index (χ3n) is 7.44. The zero-order valence-electron chi connectivity index (χ0n) is 23.9. The monoisotopic (exact) mass is 570 g/mol. The largest absolute Gasteiger partial charge is 0.490 e. The molecule has 4 aromatic carbocycles. The molecule has 0 aromatic heterocycles. The lowest BCUT2D eigenvalue weighted by molar-refractivity contribution is 0.205. The molecule has 6 nitrogen and oxygen atoms in total. The number of sulfonamides is 1. The molecule has 4 aromatic rings. The van der Waals surface area contributed by atoms with E-state index in [1.807, 2.05) is 73.7 Å². The zero-order chi connectivity index (χ0) is 28.8. The highest BCUT2D eigenvalue weighted by Gasteiger charge is 2.23. The van der Waals surface area contributed by atoms with Crippen LogP contribution in [0.25, 0.3) is 0 Å². The number of ether oxygens (including phenoxy) is 2. The van der Waals surface area contributed by atoms with Gasteiger partial charge >= 0.3 is 0 Å². The molecule has 0 spiro atoms. The molecule has 2 atom stereocenters. The van der Waals surface area contributed by atoms with Crippen molar-refractivity contribution in [2.45, 2.75) is 52.3 Å². The van der Waals surface area contributed by atoms with E-state index < -0.39 is 10.0 Å². The van der Waals surface area contributed by atoms with Crippen molar-refractivity contribution in [3.63, 3.8) is 0 Å². The van der Waals surface area contributed by atoms with E-state index in [4.69, 9.17) is 9.47 Å². The molecule has 0 saturated heterocycles. The molecular formula is C34H38N2O4S. The van der Waals surface area contributed by atoms with Crippen LogP contribution < -0.4 is 19.1 Å². The van der Waals surface area contributed by atoms with E-state index >= 15 is 0 Å². The van der Waals surface area contributed by atoms with Gasteiger partial charge in [-0.05, 0) is 85.2 Å². The van der Waals surface area contributed by atoms with Crippen LogP contribution in [0, 0.1) is 12.8 Å². The van der Waals surface area contributed by atoms with Crippen molar-refractivity contribution in [2.24, 2.45) is 5.92 Å². The lowest BCUT2D eigenvalue weighted by Gasteiger charge is -2.28. The van der Waals surface area contributed by atoms with Gasteiger partial charge in [-0.1, -0.05) is 61.5 Å². The first-order valence-electron chi connectivity index (χ1n) is 14.1. The minimum absolute atomic E-state index is 0.282. The van der Waals surface area contributed by atoms with Crippen LogP contribution in [0.4, 0.5) is 11.4 Å². The molecule has 1 aliphatic carbocycles. The third-order valence-corrected chi connectivity index (χ3v) is 8.04. The summed E-state index contributed by atoms with van der Waals surface area (Å²) in [7, 11) is -3.39. The van der Waals surface area contributed by atoms with Gasteiger partial charge in [0.25, 0.3) is 0 Å². The van der Waals surface area contributed by atoms with Crippen LogP contribution in [0.3, 0.4) is 0 Å². The number of nitrogens with one attached hydrogen (secondary N) is 1. The second kappa shape index (κ2) is 12.7. The minimum atomic E-state index is -3.39. The summed E-state index contributed by atoms with van der Waals surface area (Å²) in [5, 5.41) is 0. The van der Waals surface area contributed by atoms with Crippen molar-refractivity contribution in [3.8, 4) is 17.2 Å². The van der Waals surface area contributed by atoms with Crippen molar-refractivity contribution < 1.29 is 17.9 Å². The second-order valence-corrected chi connectivity index (χ2v) is 12.8. The molecule has 1 N–H and O–H groups in total. The van der Waals surface area contributed by atoms with Gasteiger partial charge < -0.3 is 14.4 Å². The Morgan fingerprint density at radius 1 is 0.805 bits per heavy atom. The number of hydrogen-bond acceptors (Lipinski definition) is 5. The van der Waals surface area contributed by atoms with Crippen LogP contribution in [-0.2, 0) is 23.1 Å². The lowest BCUT2D eigenvalue weighted by Crippen LogP contribution is -2.23. The Morgan fingerprint density at radius 2 is 1.49 bits per heavy atom. The number of hydrogen-bond donors (Lipinski definition) is 1. The van der Waals surface area contributed by atoms with Crippen LogP contribution in [0.15, 0.2) is 97.1 Å². The van der Waals surface area contributed by atoms with Crippen LogP contribution in [0.1, 0.15) is 42.9 Å². The fraction of sp³-hybridized carbons (Fsp3) is 0.294. The first-order chi connectivity index (χ1) is 19.7. The summed E-state index contributed by atoms with van der Waals surface area (Å²) < 4.78 is 38.9. The first-order valence-corrected chi connectivity index (χ1v) is 16.0. The second-order valence-electron chi connectivity index (χ2n) is 11.0. The Hall–Kier alpha value is -3.97. The summed E-state index contributed by atoms with van der Waals surface area (Å²) >= 11 is 0. The molecule has 1 saturated carbocycles. The van der Waals surface area contributed by atoms with Crippen molar-refractivity contribution in [1.29, 1.82) is 0 Å². The van der Waals surface area contributed by atoms with Crippen molar-refractivity contribution in [2.75, 3.05) is 15.9 Å². The molecule has 214 valence electrons. The number of rotatable bonds is 11. The summed E-state index contributed by atoms with van der Waals surface area (Å²) in [4.78, 5) is 2.26. The normalized spacial score (nSPS) is 16.8. The van der Waals surface area contributed by atoms with E-state index in [1.165, 1.54) is 18.2 Å². The van der Waals surface area contributed by atoms with Gasteiger partial charge in [0.2, 0.25) is 10.0 Å². The fourth-order valence-electron chi connectivity index (χ4n) is 5.39. The first kappa shape index (κ1) is 28.6. The Kier molecular flexibility index (Phi) is 8.84. The van der Waals surface area contributed by atoms with Gasteiger partial charge in [-0.15, -0.1) is 0 Å². The predicted molar refractivity (Wildman–Crippen MR) is 166 cm³/mol. The predicted octanol–water partition coefficient (Wildman–Crippen LogP) is 7.93. The highest BCUT2D eigenvalue weighted by atomic mass is 32.2. The van der Waals surface area contributed by atoms with Crippen LogP contribution in [0.2, 0.25) is 0 Å². The zero-order valence-corrected chi connectivity index (χ0v) is 24.7. The molecule has 0 radical (unpaired) electrons. The summed E-state index contributed by atoms with van der Waals surface area (Å²) in [6.07, 6.45) is 4.88. The maximum absolute atomic E-state index is 11.9. The van der Waals surface area contributed by atoms with Gasteiger partial charge in [0, 0.05) is 24.8 Å². The van der Waals surface area contributed by atoms with E-state index in [0.717, 1.165) is 52.8 Å². The van der Waals surface area contributed by atoms with Gasteiger partial charge in [-0.2, -0.15) is 0 Å². The molecule has 0 amide bonds. The summed E-state index contributed by atoms with van der Waals surface area (Å²) in [5.41, 5.74) is 4.71. The van der Waals surface area contributed by atoms with Crippen molar-refractivity contribution in [3.05, 3.63) is 114 Å². The van der Waals surface area contributed by atoms with Crippen molar-refractivity contribution in [1.82, 2.24) is 0 Å². The Bertz CT molecular complexity index is 1560. The van der Waals surface area contributed by atoms with E-state index in [9.17, 15) is 8.42 Å². The van der Waals surface area contributed by atoms with E-state index in [1.54, 1.807) is 6.07 Å². The van der Waals surface area contributed by atoms with Gasteiger partial charge in [0.15, 0.2) is 0 Å². The number of anilines is 2. The van der Waals surface area contributed by atoms with Gasteiger partial charge in [0.1, 0.15) is 17.2 Å². The molecule has 1 fully saturated rings. The van der Waals surface area contributed by atoms with Crippen LogP contribution >= 0.6 is 0 Å². The van der Waals surface area contributed by atoms with E-state index in [0.29, 0.717) is 18.8 Å². The number of nitrogens with zero attached hydrogens (tertiary/aromatic N) is 1. The van der Waals surface area contributed by atoms with E-state index in [-0.39, 0.29) is 6.10 Å². The third kappa shape index (κ3) is 8.04. The standard InChI is InChI=1S/C34H38N2O4S/c1-25-15-18-32(21-25)40-31-12-7-11-30(22-31)39-29-19-16-28(17-20-29)24-36(23-27-9-5-4-6-10-27)34-14-8-13-33(26(34)2)35-41(3,37)38/h4-14,16-17,19-20,22,25,32,35H,15,18,21,23-24H2,1-3H3. The topological polar surface area (TPSA) is 67.9 Å². The van der Waals surface area contributed by atoms with Crippen LogP contribution in [-0.4, -0.2) is 20.8 Å². The number of benzene rings is 4. The fourth-order valence-corrected chi connectivity index (χ4v) is 6.01. The maximum Gasteiger partial charge on any atom is 0.229 e. The highest BCUT2D eigenvalue weighted by Crippen LogP contribution is 2.33. The smallest absolute Gasteiger partial charge is 0.229 e.